The van der Waals surface area contributed by atoms with Gasteiger partial charge in [-0.2, -0.15) is 9.04 Å². The number of carbonyl (C=O) groups is 1. The lowest BCUT2D eigenvalue weighted by Gasteiger charge is -2.33. The van der Waals surface area contributed by atoms with Gasteiger partial charge in [-0.3, -0.25) is 4.79 Å². The molecule has 0 saturated carbocycles. The minimum atomic E-state index is -3.89. The molecule has 1 fully saturated rings. The second kappa shape index (κ2) is 9.43. The molecular weight excluding hydrogens is 510 g/mol. The van der Waals surface area contributed by atoms with Gasteiger partial charge in [0.15, 0.2) is 0 Å². The number of hydrogen-bond donors (Lipinski definition) is 2. The second-order valence-corrected chi connectivity index (χ2v) is 10.3. The molecule has 2 N–H and O–H groups in total. The minimum absolute atomic E-state index is 0.0922. The van der Waals surface area contributed by atoms with Gasteiger partial charge in [0, 0.05) is 55.7 Å². The topological polar surface area (TPSA) is 159 Å². The normalized spacial score (nSPS) is 14.9. The number of pyridine rings is 1. The summed E-state index contributed by atoms with van der Waals surface area (Å²) in [5.41, 5.74) is 1.51. The zero-order chi connectivity index (χ0) is 25.4. The van der Waals surface area contributed by atoms with Crippen LogP contribution in [0.3, 0.4) is 0 Å². The van der Waals surface area contributed by atoms with E-state index >= 15 is 0 Å². The lowest BCUT2D eigenvalue weighted by Crippen LogP contribution is -2.50. The van der Waals surface area contributed by atoms with Gasteiger partial charge in [0.25, 0.3) is 21.6 Å². The number of fused-ring (bicyclic) bond motifs is 1. The fourth-order valence-corrected chi connectivity index (χ4v) is 5.42. The first-order chi connectivity index (χ1) is 17.3. The number of aromatic amines is 1. The van der Waals surface area contributed by atoms with Gasteiger partial charge in [-0.1, -0.05) is 11.6 Å². The van der Waals surface area contributed by atoms with Gasteiger partial charge in [0.2, 0.25) is 16.7 Å². The number of nitrogens with zero attached hydrogens (tertiary/aromatic N) is 6. The predicted molar refractivity (Wildman–Crippen MR) is 128 cm³/mol. The van der Waals surface area contributed by atoms with Crippen LogP contribution in [-0.2, 0) is 16.6 Å². The number of sulfonamides is 1. The van der Waals surface area contributed by atoms with Crippen LogP contribution in [0, 0.1) is 5.21 Å². The van der Waals surface area contributed by atoms with Gasteiger partial charge in [-0.25, -0.2) is 23.4 Å². The number of hydrogen-bond acceptors (Lipinski definition) is 8. The Kier molecular flexibility index (Phi) is 6.30. The minimum Gasteiger partial charge on any atom is -0.618 e. The van der Waals surface area contributed by atoms with E-state index in [1.807, 2.05) is 0 Å². The molecule has 1 saturated heterocycles. The highest BCUT2D eigenvalue weighted by Gasteiger charge is 2.33. The number of aliphatic hydroxyl groups excluding tert-OH is 1. The fourth-order valence-electron chi connectivity index (χ4n) is 3.91. The van der Waals surface area contributed by atoms with Crippen LogP contribution < -0.4 is 4.73 Å². The Morgan fingerprint density at radius 1 is 1.14 bits per heavy atom. The lowest BCUT2D eigenvalue weighted by molar-refractivity contribution is -0.605. The van der Waals surface area contributed by atoms with Crippen molar-refractivity contribution in [3.05, 3.63) is 70.3 Å². The predicted octanol–water partition coefficient (Wildman–Crippen LogP) is 0.946. The van der Waals surface area contributed by atoms with E-state index in [0.29, 0.717) is 20.8 Å². The molecule has 12 nitrogen and oxygen atoms in total. The molecule has 0 spiro atoms. The van der Waals surface area contributed by atoms with Gasteiger partial charge in [0.05, 0.1) is 16.6 Å². The van der Waals surface area contributed by atoms with Crippen molar-refractivity contribution < 1.29 is 23.0 Å². The number of amides is 1. The molecule has 0 radical (unpaired) electrons. The highest BCUT2D eigenvalue weighted by Crippen LogP contribution is 2.22. The van der Waals surface area contributed by atoms with Gasteiger partial charge in [0.1, 0.15) is 6.61 Å². The fraction of sp³-hybridized carbons (Fsp3) is 0.227. The van der Waals surface area contributed by atoms with Crippen LogP contribution >= 0.6 is 11.6 Å². The molecule has 0 atom stereocenters. The zero-order valence-electron chi connectivity index (χ0n) is 18.7. The standard InChI is InChI=1S/C22H20ClN7O5S/c23-15-4-5-17-18(10-15)27-22(26-17)36(34,35)29-8-6-28(7-9-29)21(32)14-11-24-20(25-12-14)19-3-1-2-16(13-31)30(19)33/h1-5,10-12,31H,6-9,13H2,(H,26,27). The summed E-state index contributed by atoms with van der Waals surface area (Å²) in [5.74, 6) is -0.240. The summed E-state index contributed by atoms with van der Waals surface area (Å²) in [6, 6.07) is 9.47. The van der Waals surface area contributed by atoms with Gasteiger partial charge >= 0.3 is 0 Å². The average molecular weight is 530 g/mol. The smallest absolute Gasteiger partial charge is 0.276 e. The van der Waals surface area contributed by atoms with Crippen molar-refractivity contribution in [3.8, 4) is 11.5 Å². The van der Waals surface area contributed by atoms with Crippen LogP contribution in [0.25, 0.3) is 22.6 Å². The summed E-state index contributed by atoms with van der Waals surface area (Å²) in [5, 5.41) is 21.8. The Bertz CT molecular complexity index is 1550. The third-order valence-electron chi connectivity index (χ3n) is 5.84. The van der Waals surface area contributed by atoms with Crippen LogP contribution in [0.5, 0.6) is 0 Å². The number of aliphatic hydroxyl groups is 1. The second-order valence-electron chi connectivity index (χ2n) is 8.05. The quantitative estimate of drug-likeness (QED) is 0.285. The van der Waals surface area contributed by atoms with Crippen LogP contribution in [0.1, 0.15) is 16.1 Å². The molecule has 1 aliphatic heterocycles. The average Bonchev–Trinajstić information content (AvgIpc) is 3.33. The van der Waals surface area contributed by atoms with Gasteiger partial charge in [-0.05, 0) is 24.3 Å². The number of piperazine rings is 1. The van der Waals surface area contributed by atoms with Crippen molar-refractivity contribution in [1.82, 2.24) is 29.1 Å². The first kappa shape index (κ1) is 24.1. The van der Waals surface area contributed by atoms with Gasteiger partial charge in [-0.15, -0.1) is 0 Å². The van der Waals surface area contributed by atoms with E-state index in [4.69, 9.17) is 11.6 Å². The number of rotatable bonds is 5. The summed E-state index contributed by atoms with van der Waals surface area (Å²) in [6.07, 6.45) is 2.64. The van der Waals surface area contributed by atoms with E-state index in [0.717, 1.165) is 0 Å². The largest absolute Gasteiger partial charge is 0.618 e. The summed E-state index contributed by atoms with van der Waals surface area (Å²) < 4.78 is 27.9. The molecule has 186 valence electrons. The molecule has 0 bridgehead atoms. The summed E-state index contributed by atoms with van der Waals surface area (Å²) in [6.45, 7) is 0.0974. The molecule has 4 aromatic rings. The number of aromatic nitrogens is 5. The first-order valence-electron chi connectivity index (χ1n) is 10.9. The maximum atomic E-state index is 13.1. The Labute approximate surface area is 210 Å². The molecule has 0 aliphatic carbocycles. The highest BCUT2D eigenvalue weighted by atomic mass is 35.5. The van der Waals surface area contributed by atoms with Crippen molar-refractivity contribution in [2.75, 3.05) is 26.2 Å². The monoisotopic (exact) mass is 529 g/mol. The molecular formula is C22H20ClN7O5S. The third kappa shape index (κ3) is 4.37. The van der Waals surface area contributed by atoms with Crippen LogP contribution in [-0.4, -0.2) is 74.8 Å². The molecule has 5 rings (SSSR count). The Morgan fingerprint density at radius 3 is 2.56 bits per heavy atom. The molecule has 36 heavy (non-hydrogen) atoms. The summed E-state index contributed by atoms with van der Waals surface area (Å²) in [7, 11) is -3.89. The van der Waals surface area contributed by atoms with E-state index in [2.05, 4.69) is 19.9 Å². The maximum absolute atomic E-state index is 13.1. The SMILES string of the molecule is O=C(c1cnc(-c2cccc(CO)[n+]2[O-])nc1)N1CCN(S(=O)(=O)c2nc3ccc(Cl)cc3[nH]2)CC1. The summed E-state index contributed by atoms with van der Waals surface area (Å²) >= 11 is 5.97. The van der Waals surface area contributed by atoms with Crippen LogP contribution in [0.15, 0.2) is 53.9 Å². The highest BCUT2D eigenvalue weighted by molar-refractivity contribution is 7.89. The summed E-state index contributed by atoms with van der Waals surface area (Å²) in [4.78, 5) is 29.7. The van der Waals surface area contributed by atoms with Crippen molar-refractivity contribution in [3.63, 3.8) is 0 Å². The van der Waals surface area contributed by atoms with Crippen molar-refractivity contribution in [2.45, 2.75) is 11.8 Å². The maximum Gasteiger partial charge on any atom is 0.276 e. The molecule has 4 heterocycles. The molecule has 1 aromatic carbocycles. The Balaban J connectivity index is 1.27. The number of benzene rings is 1. The van der Waals surface area contributed by atoms with Crippen LogP contribution in [0.2, 0.25) is 5.02 Å². The van der Waals surface area contributed by atoms with Crippen molar-refractivity contribution in [1.29, 1.82) is 0 Å². The first-order valence-corrected chi connectivity index (χ1v) is 12.7. The lowest BCUT2D eigenvalue weighted by atomic mass is 10.2. The number of nitrogens with one attached hydrogen (secondary N) is 1. The molecule has 1 aliphatic rings. The Hall–Kier alpha value is -3.65. The number of H-pyrrole nitrogens is 1. The number of carbonyl (C=O) groups excluding carboxylic acids is 1. The van der Waals surface area contributed by atoms with Crippen molar-refractivity contribution in [2.24, 2.45) is 0 Å². The molecule has 14 heteroatoms. The third-order valence-corrected chi connectivity index (χ3v) is 7.81. The van der Waals surface area contributed by atoms with E-state index < -0.39 is 16.6 Å². The molecule has 1 amide bonds. The van der Waals surface area contributed by atoms with E-state index in [1.165, 1.54) is 33.7 Å². The molecule has 0 unspecified atom stereocenters. The number of halogens is 1. The van der Waals surface area contributed by atoms with E-state index in [-0.39, 0.29) is 60.0 Å². The van der Waals surface area contributed by atoms with Crippen LogP contribution in [0.4, 0.5) is 0 Å². The van der Waals surface area contributed by atoms with E-state index in [1.54, 1.807) is 24.3 Å². The molecule has 3 aromatic heterocycles. The van der Waals surface area contributed by atoms with Gasteiger partial charge < -0.3 is 20.2 Å². The van der Waals surface area contributed by atoms with Crippen molar-refractivity contribution >= 4 is 38.6 Å². The van der Waals surface area contributed by atoms with E-state index in [9.17, 15) is 23.5 Å². The number of imidazole rings is 1. The Morgan fingerprint density at radius 2 is 1.86 bits per heavy atom. The zero-order valence-corrected chi connectivity index (χ0v) is 20.3.